The number of nitrogens with zero attached hydrogens (tertiary/aromatic N) is 4. The maximum atomic E-state index is 15.2. The summed E-state index contributed by atoms with van der Waals surface area (Å²) < 4.78 is 31.6. The van der Waals surface area contributed by atoms with Crippen LogP contribution in [0.4, 0.5) is 4.39 Å². The number of ether oxygens (including phenoxy) is 2. The van der Waals surface area contributed by atoms with E-state index in [1.165, 1.54) is 24.9 Å². The van der Waals surface area contributed by atoms with Crippen molar-refractivity contribution in [1.82, 2.24) is 20.1 Å². The third-order valence-electron chi connectivity index (χ3n) is 5.35. The van der Waals surface area contributed by atoms with Crippen molar-refractivity contribution in [3.05, 3.63) is 42.4 Å². The van der Waals surface area contributed by atoms with Crippen LogP contribution < -0.4 is 44.1 Å². The van der Waals surface area contributed by atoms with Gasteiger partial charge in [0.25, 0.3) is 0 Å². The van der Waals surface area contributed by atoms with Crippen LogP contribution in [0.25, 0.3) is 11.5 Å². The molecule has 2 aliphatic rings. The maximum Gasteiger partial charge on any atom is 1.00 e. The Hall–Kier alpha value is -2.23. The van der Waals surface area contributed by atoms with Crippen molar-refractivity contribution in [1.29, 1.82) is 0 Å². The molecular formula is C20H18FN4NaO4. The number of alkyl halides is 1. The van der Waals surface area contributed by atoms with Gasteiger partial charge in [-0.1, -0.05) is 5.16 Å². The van der Waals surface area contributed by atoms with E-state index in [0.717, 1.165) is 12.8 Å². The van der Waals surface area contributed by atoms with E-state index in [1.807, 2.05) is 0 Å². The molecule has 0 bridgehead atoms. The third-order valence-corrected chi connectivity index (χ3v) is 5.35. The van der Waals surface area contributed by atoms with Gasteiger partial charge in [-0.3, -0.25) is 0 Å². The summed E-state index contributed by atoms with van der Waals surface area (Å²) in [6.45, 7) is 0. The molecule has 0 spiro atoms. The van der Waals surface area contributed by atoms with E-state index in [-0.39, 0.29) is 66.2 Å². The van der Waals surface area contributed by atoms with Crippen LogP contribution >= 0.6 is 0 Å². The molecule has 0 radical (unpaired) electrons. The molecule has 0 saturated heterocycles. The molecule has 0 aromatic carbocycles. The Kier molecular flexibility index (Phi) is 5.95. The molecule has 0 aliphatic heterocycles. The van der Waals surface area contributed by atoms with Crippen LogP contribution in [0, 0.1) is 0 Å². The topological polar surface area (TPSA) is 106 Å². The van der Waals surface area contributed by atoms with Crippen molar-refractivity contribution >= 4 is 0 Å². The van der Waals surface area contributed by atoms with Gasteiger partial charge < -0.3 is 19.1 Å². The maximum absolute atomic E-state index is 15.2. The molecule has 10 heteroatoms. The van der Waals surface area contributed by atoms with Crippen LogP contribution in [-0.4, -0.2) is 32.3 Å². The minimum absolute atomic E-state index is 0. The van der Waals surface area contributed by atoms with Gasteiger partial charge in [-0.05, 0) is 30.9 Å². The van der Waals surface area contributed by atoms with Crippen molar-refractivity contribution in [2.75, 3.05) is 0 Å². The molecule has 0 amide bonds. The average Bonchev–Trinajstić information content (AvgIpc) is 3.10. The first-order valence-corrected chi connectivity index (χ1v) is 9.52. The Morgan fingerprint density at radius 3 is 2.47 bits per heavy atom. The second kappa shape index (κ2) is 8.49. The van der Waals surface area contributed by atoms with Crippen molar-refractivity contribution in [3.8, 4) is 29.1 Å². The number of aromatic nitrogens is 4. The van der Waals surface area contributed by atoms with Crippen LogP contribution in [0.1, 0.15) is 37.7 Å². The minimum Gasteiger partial charge on any atom is -0.856 e. The summed E-state index contributed by atoms with van der Waals surface area (Å²) in [5.41, 5.74) is -0.540. The molecule has 3 aromatic heterocycles. The van der Waals surface area contributed by atoms with Gasteiger partial charge in [0.2, 0.25) is 11.8 Å². The summed E-state index contributed by atoms with van der Waals surface area (Å²) in [6.07, 6.45) is 7.95. The van der Waals surface area contributed by atoms with E-state index < -0.39 is 11.5 Å². The summed E-state index contributed by atoms with van der Waals surface area (Å²) in [7, 11) is 0. The SMILES string of the molecule is [Na+].[O-]c1cc(-c2cnc(O[C@H]3C[C@](F)(c4ccnc(OC5CCC5)c4)C3)cn2)on1. The van der Waals surface area contributed by atoms with Crippen LogP contribution in [0.5, 0.6) is 17.6 Å². The smallest absolute Gasteiger partial charge is 0.856 e. The van der Waals surface area contributed by atoms with Gasteiger partial charge in [0.15, 0.2) is 5.76 Å². The van der Waals surface area contributed by atoms with E-state index in [1.54, 1.807) is 18.3 Å². The van der Waals surface area contributed by atoms with Crippen LogP contribution in [0.2, 0.25) is 0 Å². The van der Waals surface area contributed by atoms with E-state index in [0.29, 0.717) is 17.1 Å². The zero-order chi connectivity index (χ0) is 19.8. The minimum atomic E-state index is -1.47. The van der Waals surface area contributed by atoms with Gasteiger partial charge in [-0.25, -0.2) is 19.3 Å². The predicted molar refractivity (Wildman–Crippen MR) is 95.9 cm³/mol. The zero-order valence-corrected chi connectivity index (χ0v) is 18.5. The molecule has 30 heavy (non-hydrogen) atoms. The average molecular weight is 420 g/mol. The number of pyridine rings is 1. The fraction of sp³-hybridized carbons (Fsp3) is 0.400. The monoisotopic (exact) mass is 420 g/mol. The third kappa shape index (κ3) is 4.28. The first kappa shape index (κ1) is 21.0. The Balaban J connectivity index is 0.00000218. The first-order valence-electron chi connectivity index (χ1n) is 9.52. The van der Waals surface area contributed by atoms with Gasteiger partial charge in [0, 0.05) is 37.1 Å². The number of halogens is 1. The summed E-state index contributed by atoms with van der Waals surface area (Å²) in [5, 5.41) is 14.3. The molecule has 0 unspecified atom stereocenters. The van der Waals surface area contributed by atoms with Gasteiger partial charge in [0.1, 0.15) is 23.6 Å². The van der Waals surface area contributed by atoms with E-state index >= 15 is 4.39 Å². The molecule has 0 N–H and O–H groups in total. The largest absolute Gasteiger partial charge is 1.00 e. The van der Waals surface area contributed by atoms with Gasteiger partial charge >= 0.3 is 29.6 Å². The molecule has 2 saturated carbocycles. The van der Waals surface area contributed by atoms with Crippen molar-refractivity contribution in [3.63, 3.8) is 0 Å². The van der Waals surface area contributed by atoms with Gasteiger partial charge in [-0.2, -0.15) is 0 Å². The van der Waals surface area contributed by atoms with Crippen molar-refractivity contribution < 1.29 is 53.1 Å². The van der Waals surface area contributed by atoms with Crippen molar-refractivity contribution in [2.24, 2.45) is 0 Å². The summed E-state index contributed by atoms with van der Waals surface area (Å²) in [6, 6.07) is 4.59. The normalized spacial score (nSPS) is 23.0. The predicted octanol–water partition coefficient (Wildman–Crippen LogP) is -0.0583. The Morgan fingerprint density at radius 2 is 1.83 bits per heavy atom. The summed E-state index contributed by atoms with van der Waals surface area (Å²) in [5.74, 6) is 0.515. The molecule has 3 aromatic rings. The summed E-state index contributed by atoms with van der Waals surface area (Å²) in [4.78, 5) is 12.5. The van der Waals surface area contributed by atoms with Crippen LogP contribution in [0.15, 0.2) is 41.3 Å². The van der Waals surface area contributed by atoms with Crippen LogP contribution in [0.3, 0.4) is 0 Å². The van der Waals surface area contributed by atoms with Crippen LogP contribution in [-0.2, 0) is 5.67 Å². The second-order valence-corrected chi connectivity index (χ2v) is 7.44. The quantitative estimate of drug-likeness (QED) is 0.511. The standard InChI is InChI=1S/C20H19FN4O4.Na/c21-20(12-4-5-22-18(6-12)27-13-2-1-3-13)8-14(9-20)28-19-11-23-15(10-24-19)16-7-17(26)25-29-16;/h4-7,10-11,13-14H,1-3,8-9H2,(H,25,26);/q;+1/p-1/t14-,20+;. The molecule has 0 atom stereocenters. The van der Waals surface area contributed by atoms with Gasteiger partial charge in [-0.15, -0.1) is 0 Å². The fourth-order valence-corrected chi connectivity index (χ4v) is 3.45. The number of hydrogen-bond donors (Lipinski definition) is 0. The Labute approximate surface area is 194 Å². The molecule has 5 rings (SSSR count). The second-order valence-electron chi connectivity index (χ2n) is 7.44. The Bertz CT molecular complexity index is 1010. The number of rotatable bonds is 6. The number of hydrogen-bond acceptors (Lipinski definition) is 8. The van der Waals surface area contributed by atoms with Gasteiger partial charge in [0.05, 0.1) is 12.4 Å². The molecule has 8 nitrogen and oxygen atoms in total. The zero-order valence-electron chi connectivity index (χ0n) is 16.5. The fourth-order valence-electron chi connectivity index (χ4n) is 3.45. The van der Waals surface area contributed by atoms with E-state index in [9.17, 15) is 5.11 Å². The van der Waals surface area contributed by atoms with E-state index in [4.69, 9.17) is 14.0 Å². The summed E-state index contributed by atoms with van der Waals surface area (Å²) >= 11 is 0. The molecular weight excluding hydrogens is 402 g/mol. The molecule has 2 fully saturated rings. The molecule has 2 aliphatic carbocycles. The Morgan fingerprint density at radius 1 is 1.03 bits per heavy atom. The molecule has 3 heterocycles. The molecule has 150 valence electrons. The first-order chi connectivity index (χ1) is 14.1. The van der Waals surface area contributed by atoms with Crippen molar-refractivity contribution in [2.45, 2.75) is 50.0 Å². The van der Waals surface area contributed by atoms with E-state index in [2.05, 4.69) is 20.1 Å².